The molecule has 148 valence electrons. The maximum absolute atomic E-state index is 12.2. The first-order valence-corrected chi connectivity index (χ1v) is 10.0. The molecule has 1 fully saturated rings. The molecule has 2 amide bonds. The average Bonchev–Trinajstić information content (AvgIpc) is 2.74. The highest BCUT2D eigenvalue weighted by molar-refractivity contribution is 5.75. The third kappa shape index (κ3) is 6.41. The first-order chi connectivity index (χ1) is 13.7. The maximum atomic E-state index is 12.2. The van der Waals surface area contributed by atoms with E-state index in [0.717, 1.165) is 25.7 Å². The van der Waals surface area contributed by atoms with Gasteiger partial charge < -0.3 is 15.0 Å². The minimum atomic E-state index is -0.297. The lowest BCUT2D eigenvalue weighted by Gasteiger charge is -2.31. The zero-order valence-corrected chi connectivity index (χ0v) is 16.2. The largest absolute Gasteiger partial charge is 0.415 e. The van der Waals surface area contributed by atoms with Crippen molar-refractivity contribution >= 4 is 12.0 Å². The minimum absolute atomic E-state index is 0.113. The Bertz CT molecular complexity index is 741. The Morgan fingerprint density at radius 1 is 0.964 bits per heavy atom. The van der Waals surface area contributed by atoms with E-state index in [2.05, 4.69) is 17.4 Å². The number of carbonyl (C=O) groups is 2. The minimum Gasteiger partial charge on any atom is -0.410 e. The van der Waals surface area contributed by atoms with E-state index >= 15 is 0 Å². The first-order valence-electron chi connectivity index (χ1n) is 10.0. The van der Waals surface area contributed by atoms with Gasteiger partial charge in [0.05, 0.1) is 0 Å². The highest BCUT2D eigenvalue weighted by Crippen LogP contribution is 2.18. The van der Waals surface area contributed by atoms with Crippen molar-refractivity contribution in [2.24, 2.45) is 5.92 Å². The van der Waals surface area contributed by atoms with Crippen molar-refractivity contribution < 1.29 is 14.3 Å². The standard InChI is InChI=1S/C23H28N2O3/c26-22(13-7-10-19-8-3-1-4-9-19)24-18-20-14-16-25(17-15-20)23(27)28-21-11-5-2-6-12-21/h1-6,8-9,11-12,20H,7,10,13-18H2,(H,24,26). The molecule has 5 nitrogen and oxygen atoms in total. The number of likely N-dealkylation sites (tertiary alicyclic amines) is 1. The van der Waals surface area contributed by atoms with Crippen LogP contribution in [0.3, 0.4) is 0 Å². The van der Waals surface area contributed by atoms with E-state index < -0.39 is 0 Å². The molecule has 0 radical (unpaired) electrons. The second-order valence-corrected chi connectivity index (χ2v) is 7.25. The Morgan fingerprint density at radius 3 is 2.29 bits per heavy atom. The number of aryl methyl sites for hydroxylation is 1. The summed E-state index contributed by atoms with van der Waals surface area (Å²) in [6.45, 7) is 2.02. The number of ether oxygens (including phenoxy) is 1. The zero-order valence-electron chi connectivity index (χ0n) is 16.2. The molecule has 2 aromatic rings. The number of nitrogens with zero attached hydrogens (tertiary/aromatic N) is 1. The van der Waals surface area contributed by atoms with Gasteiger partial charge in [-0.2, -0.15) is 0 Å². The van der Waals surface area contributed by atoms with Gasteiger partial charge in [0.15, 0.2) is 0 Å². The van der Waals surface area contributed by atoms with Crippen LogP contribution in [-0.4, -0.2) is 36.5 Å². The number of rotatable bonds is 7. The zero-order chi connectivity index (χ0) is 19.6. The van der Waals surface area contributed by atoms with Crippen molar-refractivity contribution in [2.45, 2.75) is 32.1 Å². The fourth-order valence-electron chi connectivity index (χ4n) is 3.42. The van der Waals surface area contributed by atoms with Crippen LogP contribution in [0.25, 0.3) is 0 Å². The van der Waals surface area contributed by atoms with Crippen molar-refractivity contribution in [2.75, 3.05) is 19.6 Å². The van der Waals surface area contributed by atoms with Crippen LogP contribution in [0.15, 0.2) is 60.7 Å². The smallest absolute Gasteiger partial charge is 0.410 e. The molecule has 0 aromatic heterocycles. The number of benzene rings is 2. The molecule has 1 heterocycles. The Morgan fingerprint density at radius 2 is 1.61 bits per heavy atom. The first kappa shape index (κ1) is 19.9. The van der Waals surface area contributed by atoms with Gasteiger partial charge in [0.2, 0.25) is 5.91 Å². The van der Waals surface area contributed by atoms with Crippen LogP contribution in [0.2, 0.25) is 0 Å². The Labute approximate surface area is 166 Å². The third-order valence-electron chi connectivity index (χ3n) is 5.12. The number of hydrogen-bond acceptors (Lipinski definition) is 3. The van der Waals surface area contributed by atoms with Crippen LogP contribution in [0.5, 0.6) is 5.75 Å². The van der Waals surface area contributed by atoms with Gasteiger partial charge in [-0.1, -0.05) is 48.5 Å². The molecule has 0 spiro atoms. The summed E-state index contributed by atoms with van der Waals surface area (Å²) in [5.74, 6) is 1.10. The van der Waals surface area contributed by atoms with E-state index in [1.807, 2.05) is 36.4 Å². The number of carbonyl (C=O) groups excluding carboxylic acids is 2. The van der Waals surface area contributed by atoms with Gasteiger partial charge in [-0.25, -0.2) is 4.79 Å². The molecular formula is C23H28N2O3. The third-order valence-corrected chi connectivity index (χ3v) is 5.12. The van der Waals surface area contributed by atoms with Crippen molar-refractivity contribution in [1.82, 2.24) is 10.2 Å². The SMILES string of the molecule is O=C(CCCc1ccccc1)NCC1CCN(C(=O)Oc2ccccc2)CC1. The number of para-hydroxylation sites is 1. The van der Waals surface area contributed by atoms with Gasteiger partial charge in [0.25, 0.3) is 0 Å². The molecule has 1 saturated heterocycles. The molecule has 1 aliphatic heterocycles. The normalized spacial score (nSPS) is 14.5. The molecule has 5 heteroatoms. The Balaban J connectivity index is 1.29. The monoisotopic (exact) mass is 380 g/mol. The number of piperidine rings is 1. The van der Waals surface area contributed by atoms with Crippen LogP contribution in [0.4, 0.5) is 4.79 Å². The van der Waals surface area contributed by atoms with E-state index in [1.165, 1.54) is 5.56 Å². The van der Waals surface area contributed by atoms with Crippen molar-refractivity contribution in [3.63, 3.8) is 0 Å². The van der Waals surface area contributed by atoms with Gasteiger partial charge in [-0.05, 0) is 49.3 Å². The van der Waals surface area contributed by atoms with E-state index in [-0.39, 0.29) is 12.0 Å². The predicted molar refractivity (Wildman–Crippen MR) is 109 cm³/mol. The van der Waals surface area contributed by atoms with Crippen LogP contribution in [-0.2, 0) is 11.2 Å². The van der Waals surface area contributed by atoms with Gasteiger partial charge in [-0.15, -0.1) is 0 Å². The van der Waals surface area contributed by atoms with Gasteiger partial charge in [-0.3, -0.25) is 4.79 Å². The van der Waals surface area contributed by atoms with Crippen LogP contribution in [0.1, 0.15) is 31.2 Å². The molecule has 1 N–H and O–H groups in total. The summed E-state index contributed by atoms with van der Waals surface area (Å²) < 4.78 is 5.39. The molecular weight excluding hydrogens is 352 g/mol. The molecule has 2 aromatic carbocycles. The Kier molecular flexibility index (Phi) is 7.47. The lowest BCUT2D eigenvalue weighted by molar-refractivity contribution is -0.121. The van der Waals surface area contributed by atoms with Gasteiger partial charge in [0.1, 0.15) is 5.75 Å². The quantitative estimate of drug-likeness (QED) is 0.789. The molecule has 28 heavy (non-hydrogen) atoms. The number of hydrogen-bond donors (Lipinski definition) is 1. The van der Waals surface area contributed by atoms with Crippen LogP contribution in [0, 0.1) is 5.92 Å². The molecule has 0 bridgehead atoms. The average molecular weight is 380 g/mol. The fourth-order valence-corrected chi connectivity index (χ4v) is 3.42. The summed E-state index contributed by atoms with van der Waals surface area (Å²) in [5, 5.41) is 3.05. The highest BCUT2D eigenvalue weighted by Gasteiger charge is 2.24. The summed E-state index contributed by atoms with van der Waals surface area (Å²) in [4.78, 5) is 26.0. The summed E-state index contributed by atoms with van der Waals surface area (Å²) in [5.41, 5.74) is 1.27. The lowest BCUT2D eigenvalue weighted by Crippen LogP contribution is -2.42. The molecule has 1 aliphatic rings. The van der Waals surface area contributed by atoms with E-state index in [1.54, 1.807) is 17.0 Å². The molecule has 0 unspecified atom stereocenters. The van der Waals surface area contributed by atoms with Gasteiger partial charge >= 0.3 is 6.09 Å². The van der Waals surface area contributed by atoms with E-state index in [0.29, 0.717) is 37.7 Å². The van der Waals surface area contributed by atoms with Crippen LogP contribution < -0.4 is 10.1 Å². The number of nitrogens with one attached hydrogen (secondary N) is 1. The van der Waals surface area contributed by atoms with Crippen LogP contribution >= 0.6 is 0 Å². The molecule has 0 saturated carbocycles. The van der Waals surface area contributed by atoms with Crippen molar-refractivity contribution in [3.8, 4) is 5.75 Å². The highest BCUT2D eigenvalue weighted by atomic mass is 16.6. The molecule has 0 atom stereocenters. The molecule has 0 aliphatic carbocycles. The fraction of sp³-hybridized carbons (Fsp3) is 0.391. The van der Waals surface area contributed by atoms with E-state index in [4.69, 9.17) is 4.74 Å². The second-order valence-electron chi connectivity index (χ2n) is 7.25. The predicted octanol–water partition coefficient (Wildman–Crippen LogP) is 4.04. The maximum Gasteiger partial charge on any atom is 0.415 e. The summed E-state index contributed by atoms with van der Waals surface area (Å²) in [6.07, 6.45) is 3.81. The lowest BCUT2D eigenvalue weighted by atomic mass is 9.97. The summed E-state index contributed by atoms with van der Waals surface area (Å²) in [7, 11) is 0. The number of amides is 2. The van der Waals surface area contributed by atoms with Crippen molar-refractivity contribution in [3.05, 3.63) is 66.2 Å². The topological polar surface area (TPSA) is 58.6 Å². The molecule has 3 rings (SSSR count). The van der Waals surface area contributed by atoms with Crippen molar-refractivity contribution in [1.29, 1.82) is 0 Å². The van der Waals surface area contributed by atoms with E-state index in [9.17, 15) is 9.59 Å². The Hall–Kier alpha value is -2.82. The summed E-state index contributed by atoms with van der Waals surface area (Å²) in [6, 6.07) is 19.4. The second kappa shape index (κ2) is 10.5. The summed E-state index contributed by atoms with van der Waals surface area (Å²) >= 11 is 0. The van der Waals surface area contributed by atoms with Gasteiger partial charge in [0, 0.05) is 26.1 Å².